The molecule has 2 aromatic heterocycles. The summed E-state index contributed by atoms with van der Waals surface area (Å²) in [7, 11) is 0. The highest BCUT2D eigenvalue weighted by molar-refractivity contribution is 5.85. The molecule has 1 atom stereocenters. The van der Waals surface area contributed by atoms with Gasteiger partial charge in [0.25, 0.3) is 0 Å². The van der Waals surface area contributed by atoms with Crippen LogP contribution >= 0.6 is 0 Å². The summed E-state index contributed by atoms with van der Waals surface area (Å²) < 4.78 is 44.3. The average Bonchev–Trinajstić information content (AvgIpc) is 2.45. The van der Waals surface area contributed by atoms with Crippen molar-refractivity contribution in [1.29, 1.82) is 0 Å². The Morgan fingerprint density at radius 1 is 1.19 bits per heavy atom. The summed E-state index contributed by atoms with van der Waals surface area (Å²) in [6.07, 6.45) is 0.108. The van der Waals surface area contributed by atoms with Gasteiger partial charge >= 0.3 is 6.18 Å². The van der Waals surface area contributed by atoms with Gasteiger partial charge in [0.2, 0.25) is 0 Å². The van der Waals surface area contributed by atoms with E-state index in [-0.39, 0.29) is 13.2 Å². The first-order chi connectivity index (χ1) is 9.91. The number of halogens is 3. The quantitative estimate of drug-likeness (QED) is 0.807. The second-order valence-electron chi connectivity index (χ2n) is 5.06. The normalized spacial score (nSPS) is 23.5. The molecule has 0 aromatic carbocycles. The first-order valence-corrected chi connectivity index (χ1v) is 6.42. The lowest BCUT2D eigenvalue weighted by molar-refractivity contribution is -0.272. The fourth-order valence-corrected chi connectivity index (χ4v) is 2.34. The molecule has 1 fully saturated rings. The van der Waals surface area contributed by atoms with Crippen molar-refractivity contribution < 1.29 is 17.9 Å². The van der Waals surface area contributed by atoms with E-state index >= 15 is 0 Å². The minimum Gasteiger partial charge on any atom is -0.362 e. The second-order valence-corrected chi connectivity index (χ2v) is 5.06. The summed E-state index contributed by atoms with van der Waals surface area (Å²) in [6, 6.07) is 1.68. The van der Waals surface area contributed by atoms with Crippen LogP contribution in [0.15, 0.2) is 24.7 Å². The number of rotatable bonds is 1. The van der Waals surface area contributed by atoms with E-state index in [2.05, 4.69) is 15.0 Å². The SMILES string of the molecule is CC1(C(F)(F)F)CN(c2nccc3nccnc23)CCO1. The van der Waals surface area contributed by atoms with Crippen molar-refractivity contribution in [2.45, 2.75) is 18.7 Å². The van der Waals surface area contributed by atoms with Crippen LogP contribution in [0.1, 0.15) is 6.92 Å². The molecule has 21 heavy (non-hydrogen) atoms. The highest BCUT2D eigenvalue weighted by atomic mass is 19.4. The van der Waals surface area contributed by atoms with Gasteiger partial charge in [-0.25, -0.2) is 9.97 Å². The Hall–Kier alpha value is -1.96. The van der Waals surface area contributed by atoms with Gasteiger partial charge in [-0.2, -0.15) is 13.2 Å². The molecular weight excluding hydrogens is 285 g/mol. The number of hydrogen-bond donors (Lipinski definition) is 0. The van der Waals surface area contributed by atoms with Crippen molar-refractivity contribution in [3.05, 3.63) is 24.7 Å². The molecule has 0 radical (unpaired) electrons. The lowest BCUT2D eigenvalue weighted by atomic mass is 10.0. The molecule has 8 heteroatoms. The smallest absolute Gasteiger partial charge is 0.362 e. The third-order valence-corrected chi connectivity index (χ3v) is 3.54. The van der Waals surface area contributed by atoms with E-state index in [0.717, 1.165) is 6.92 Å². The molecule has 112 valence electrons. The van der Waals surface area contributed by atoms with Crippen LogP contribution in [-0.4, -0.2) is 46.4 Å². The monoisotopic (exact) mass is 298 g/mol. The van der Waals surface area contributed by atoms with Gasteiger partial charge in [0.05, 0.1) is 18.7 Å². The molecule has 1 aliphatic rings. The number of ether oxygens (including phenoxy) is 1. The molecule has 3 heterocycles. The Morgan fingerprint density at radius 3 is 2.71 bits per heavy atom. The van der Waals surface area contributed by atoms with E-state index in [1.165, 1.54) is 18.6 Å². The number of alkyl halides is 3. The number of fused-ring (bicyclic) bond motifs is 1. The number of anilines is 1. The van der Waals surface area contributed by atoms with Gasteiger partial charge in [-0.3, -0.25) is 4.98 Å². The minimum atomic E-state index is -4.44. The summed E-state index contributed by atoms with van der Waals surface area (Å²) in [6.45, 7) is 1.04. The highest BCUT2D eigenvalue weighted by Crippen LogP contribution is 2.37. The third kappa shape index (κ3) is 2.39. The van der Waals surface area contributed by atoms with Gasteiger partial charge < -0.3 is 9.64 Å². The van der Waals surface area contributed by atoms with Crippen LogP contribution < -0.4 is 4.90 Å². The van der Waals surface area contributed by atoms with Gasteiger partial charge in [0.1, 0.15) is 5.52 Å². The lowest BCUT2D eigenvalue weighted by Gasteiger charge is -2.41. The molecule has 1 aliphatic heterocycles. The Balaban J connectivity index is 2.00. The van der Waals surface area contributed by atoms with Crippen molar-refractivity contribution >= 4 is 16.9 Å². The summed E-state index contributed by atoms with van der Waals surface area (Å²) in [4.78, 5) is 14.0. The molecular formula is C13H13F3N4O. The minimum absolute atomic E-state index is 0.0195. The largest absolute Gasteiger partial charge is 0.418 e. The maximum Gasteiger partial charge on any atom is 0.418 e. The fourth-order valence-electron chi connectivity index (χ4n) is 2.34. The van der Waals surface area contributed by atoms with Crippen molar-refractivity contribution in [3.8, 4) is 0 Å². The van der Waals surface area contributed by atoms with Crippen molar-refractivity contribution in [2.75, 3.05) is 24.6 Å². The van der Waals surface area contributed by atoms with Crippen molar-refractivity contribution in [1.82, 2.24) is 15.0 Å². The number of aromatic nitrogens is 3. The van der Waals surface area contributed by atoms with Crippen molar-refractivity contribution in [3.63, 3.8) is 0 Å². The van der Waals surface area contributed by atoms with Gasteiger partial charge in [0.15, 0.2) is 11.4 Å². The van der Waals surface area contributed by atoms with Crippen molar-refractivity contribution in [2.24, 2.45) is 0 Å². The standard InChI is InChI=1S/C13H13F3N4O/c1-12(13(14,15)16)8-20(6-7-21-12)11-10-9(2-3-19-11)17-4-5-18-10/h2-5H,6-8H2,1H3. The fraction of sp³-hybridized carbons (Fsp3) is 0.462. The van der Waals surface area contributed by atoms with E-state index in [1.807, 2.05) is 0 Å². The van der Waals surface area contributed by atoms with Crippen LogP contribution in [0.25, 0.3) is 11.0 Å². The number of nitrogens with zero attached hydrogens (tertiary/aromatic N) is 4. The van der Waals surface area contributed by atoms with Gasteiger partial charge in [-0.05, 0) is 13.0 Å². The molecule has 2 aromatic rings. The Labute approximate surface area is 118 Å². The molecule has 3 rings (SSSR count). The number of morpholine rings is 1. The first kappa shape index (κ1) is 14.0. The van der Waals surface area contributed by atoms with Crippen LogP contribution in [0.2, 0.25) is 0 Å². The zero-order valence-corrected chi connectivity index (χ0v) is 11.3. The molecule has 5 nitrogen and oxygen atoms in total. The van der Waals surface area contributed by atoms with Crippen LogP contribution in [0.4, 0.5) is 19.0 Å². The molecule has 0 amide bonds. The van der Waals surface area contributed by atoms with Gasteiger partial charge in [0, 0.05) is 25.1 Å². The lowest BCUT2D eigenvalue weighted by Crippen LogP contribution is -2.58. The molecule has 0 saturated carbocycles. The van der Waals surface area contributed by atoms with E-state index < -0.39 is 11.8 Å². The third-order valence-electron chi connectivity index (χ3n) is 3.54. The number of pyridine rings is 1. The molecule has 0 spiro atoms. The first-order valence-electron chi connectivity index (χ1n) is 6.42. The molecule has 1 saturated heterocycles. The van der Waals surface area contributed by atoms with Gasteiger partial charge in [-0.15, -0.1) is 0 Å². The second kappa shape index (κ2) is 4.80. The summed E-state index contributed by atoms with van der Waals surface area (Å²) in [5.41, 5.74) is -1.12. The zero-order chi connectivity index (χ0) is 15.1. The summed E-state index contributed by atoms with van der Waals surface area (Å²) >= 11 is 0. The predicted octanol–water partition coefficient (Wildman–Crippen LogP) is 2.18. The Bertz CT molecular complexity index is 658. The van der Waals surface area contributed by atoms with E-state index in [0.29, 0.717) is 23.4 Å². The summed E-state index contributed by atoms with van der Waals surface area (Å²) in [5, 5.41) is 0. The highest BCUT2D eigenvalue weighted by Gasteiger charge is 2.55. The predicted molar refractivity (Wildman–Crippen MR) is 70.0 cm³/mol. The average molecular weight is 298 g/mol. The van der Waals surface area contributed by atoms with Crippen LogP contribution in [0, 0.1) is 0 Å². The van der Waals surface area contributed by atoms with Gasteiger partial charge in [-0.1, -0.05) is 0 Å². The van der Waals surface area contributed by atoms with E-state index in [1.54, 1.807) is 11.0 Å². The maximum absolute atomic E-state index is 13.1. The Morgan fingerprint density at radius 2 is 1.95 bits per heavy atom. The van der Waals surface area contributed by atoms with Crippen LogP contribution in [0.3, 0.4) is 0 Å². The maximum atomic E-state index is 13.1. The zero-order valence-electron chi connectivity index (χ0n) is 11.3. The Kier molecular flexibility index (Phi) is 3.20. The van der Waals surface area contributed by atoms with Crippen LogP contribution in [0.5, 0.6) is 0 Å². The molecule has 0 aliphatic carbocycles. The molecule has 0 N–H and O–H groups in total. The topological polar surface area (TPSA) is 51.1 Å². The molecule has 1 unspecified atom stereocenters. The summed E-state index contributed by atoms with van der Waals surface area (Å²) in [5.74, 6) is 0.402. The van der Waals surface area contributed by atoms with Crippen LogP contribution in [-0.2, 0) is 4.74 Å². The van der Waals surface area contributed by atoms with E-state index in [9.17, 15) is 13.2 Å². The van der Waals surface area contributed by atoms with E-state index in [4.69, 9.17) is 4.74 Å². The number of hydrogen-bond acceptors (Lipinski definition) is 5. The molecule has 0 bridgehead atoms.